The van der Waals surface area contributed by atoms with Gasteiger partial charge in [0.05, 0.1) is 23.6 Å². The van der Waals surface area contributed by atoms with Crippen molar-refractivity contribution in [3.05, 3.63) is 39.9 Å². The molecule has 0 aliphatic carbocycles. The summed E-state index contributed by atoms with van der Waals surface area (Å²) >= 11 is 0. The summed E-state index contributed by atoms with van der Waals surface area (Å²) < 4.78 is 5.25. The second-order valence-electron chi connectivity index (χ2n) is 6.17. The molecule has 11 nitrogen and oxygen atoms in total. The van der Waals surface area contributed by atoms with Crippen LogP contribution in [0, 0.1) is 10.1 Å². The second kappa shape index (κ2) is 11.3. The normalized spacial score (nSPS) is 18.2. The van der Waals surface area contributed by atoms with Gasteiger partial charge in [-0.05, 0) is 24.1 Å². The zero-order chi connectivity index (χ0) is 19.8. The molecule has 2 rings (SSSR count). The Bertz CT molecular complexity index is 674. The summed E-state index contributed by atoms with van der Waals surface area (Å²) in [5, 5.41) is 26.0. The van der Waals surface area contributed by atoms with Crippen LogP contribution in [0.4, 0.5) is 15.3 Å². The van der Waals surface area contributed by atoms with E-state index in [0.717, 1.165) is 0 Å². The minimum Gasteiger partial charge on any atom is -0.445 e. The van der Waals surface area contributed by atoms with Gasteiger partial charge in [-0.15, -0.1) is 12.4 Å². The van der Waals surface area contributed by atoms with E-state index in [9.17, 15) is 24.8 Å². The van der Waals surface area contributed by atoms with Crippen LogP contribution in [0.25, 0.3) is 0 Å². The third-order valence-corrected chi connectivity index (χ3v) is 4.12. The average molecular weight is 418 g/mol. The molecule has 0 aromatic heterocycles. The second-order valence-corrected chi connectivity index (χ2v) is 6.17. The Morgan fingerprint density at radius 2 is 2.00 bits per heavy atom. The van der Waals surface area contributed by atoms with Gasteiger partial charge in [0, 0.05) is 31.8 Å². The first kappa shape index (κ1) is 23.4. The van der Waals surface area contributed by atoms with Crippen molar-refractivity contribution in [1.82, 2.24) is 15.5 Å². The Kier molecular flexibility index (Phi) is 9.42. The third-order valence-electron chi connectivity index (χ3n) is 4.12. The first-order chi connectivity index (χ1) is 12.9. The fraction of sp³-hybridized carbons (Fsp3) is 0.500. The Morgan fingerprint density at radius 1 is 1.32 bits per heavy atom. The zero-order valence-corrected chi connectivity index (χ0v) is 15.9. The first-order valence-electron chi connectivity index (χ1n) is 8.45. The van der Waals surface area contributed by atoms with Gasteiger partial charge in [0.2, 0.25) is 0 Å². The molecular weight excluding hydrogens is 394 g/mol. The van der Waals surface area contributed by atoms with Gasteiger partial charge in [-0.2, -0.15) is 0 Å². The number of rotatable bonds is 8. The Morgan fingerprint density at radius 3 is 2.61 bits per heavy atom. The van der Waals surface area contributed by atoms with Crippen LogP contribution in [0.2, 0.25) is 0 Å². The summed E-state index contributed by atoms with van der Waals surface area (Å²) in [6.45, 7) is 1.41. The quantitative estimate of drug-likeness (QED) is 0.269. The number of nitro benzene ring substituents is 1. The number of aliphatic hydroxyl groups excluding tert-OH is 1. The lowest BCUT2D eigenvalue weighted by Gasteiger charge is -2.24. The maximum absolute atomic E-state index is 12.3. The molecule has 1 aromatic carbocycles. The van der Waals surface area contributed by atoms with Gasteiger partial charge in [0.15, 0.2) is 0 Å². The number of carbonyl (C=O) groups excluding carboxylic acids is 2. The Labute approximate surface area is 167 Å². The molecule has 156 valence electrons. The lowest BCUT2D eigenvalue weighted by molar-refractivity contribution is -0.384. The predicted octanol–water partition coefficient (Wildman–Crippen LogP) is 0.346. The highest BCUT2D eigenvalue weighted by Crippen LogP contribution is 2.19. The van der Waals surface area contributed by atoms with Crippen LogP contribution in [-0.2, 0) is 11.3 Å². The monoisotopic (exact) mass is 417 g/mol. The van der Waals surface area contributed by atoms with Crippen LogP contribution in [0.1, 0.15) is 12.0 Å². The molecule has 5 N–H and O–H groups in total. The van der Waals surface area contributed by atoms with Gasteiger partial charge in [-0.1, -0.05) is 0 Å². The Balaban J connectivity index is 0.00000392. The molecule has 0 radical (unpaired) electrons. The fourth-order valence-electron chi connectivity index (χ4n) is 2.79. The lowest BCUT2D eigenvalue weighted by atomic mass is 10.2. The number of primary amides is 1. The van der Waals surface area contributed by atoms with Crippen LogP contribution in [0.3, 0.4) is 0 Å². The van der Waals surface area contributed by atoms with Crippen molar-refractivity contribution in [3.63, 3.8) is 0 Å². The van der Waals surface area contributed by atoms with E-state index in [-0.39, 0.29) is 37.3 Å². The van der Waals surface area contributed by atoms with Crippen molar-refractivity contribution >= 4 is 30.2 Å². The van der Waals surface area contributed by atoms with Crippen LogP contribution >= 0.6 is 12.4 Å². The number of ether oxygens (including phenoxy) is 1. The number of halogens is 1. The number of aliphatic hydroxyl groups is 1. The molecule has 1 aromatic rings. The van der Waals surface area contributed by atoms with E-state index in [1.165, 1.54) is 29.2 Å². The summed E-state index contributed by atoms with van der Waals surface area (Å²) in [6, 6.07) is 4.89. The largest absolute Gasteiger partial charge is 0.445 e. The maximum Gasteiger partial charge on any atom is 0.410 e. The van der Waals surface area contributed by atoms with Gasteiger partial charge < -0.3 is 31.1 Å². The van der Waals surface area contributed by atoms with Crippen LogP contribution in [-0.4, -0.2) is 65.4 Å². The molecule has 0 spiro atoms. The van der Waals surface area contributed by atoms with E-state index in [1.807, 2.05) is 0 Å². The third kappa shape index (κ3) is 7.18. The number of nitrogens with two attached hydrogens (primary N) is 1. The summed E-state index contributed by atoms with van der Waals surface area (Å²) in [4.78, 5) is 34.5. The van der Waals surface area contributed by atoms with Crippen LogP contribution in [0.15, 0.2) is 24.3 Å². The number of amides is 3. The number of carbonyl (C=O) groups is 2. The number of nitrogens with one attached hydrogen (secondary N) is 2. The topological polar surface area (TPSA) is 160 Å². The Hall–Kier alpha value is -2.63. The molecule has 1 aliphatic heterocycles. The fourth-order valence-corrected chi connectivity index (χ4v) is 2.79. The summed E-state index contributed by atoms with van der Waals surface area (Å²) in [5.74, 6) is 0. The van der Waals surface area contributed by atoms with E-state index >= 15 is 0 Å². The number of urea groups is 1. The van der Waals surface area contributed by atoms with E-state index < -0.39 is 23.2 Å². The predicted molar refractivity (Wildman–Crippen MR) is 102 cm³/mol. The molecular formula is C16H24ClN5O6. The molecule has 1 aliphatic rings. The molecule has 0 saturated carbocycles. The minimum atomic E-state index is -0.632. The SMILES string of the molecule is Cl.NC(=O)NCCNC[C@@H]1C[C@@H](O)CN1C(=O)OCc1ccc([N+](=O)[O-])cc1. The van der Waals surface area contributed by atoms with Crippen molar-refractivity contribution in [2.75, 3.05) is 26.2 Å². The van der Waals surface area contributed by atoms with E-state index in [0.29, 0.717) is 31.6 Å². The number of β-amino-alcohol motifs (C(OH)–C–C–N with tert-alkyl or cyclic N) is 1. The first-order valence-corrected chi connectivity index (χ1v) is 8.45. The van der Waals surface area contributed by atoms with Crippen molar-refractivity contribution in [2.24, 2.45) is 5.73 Å². The minimum absolute atomic E-state index is 0. The molecule has 0 bridgehead atoms. The summed E-state index contributed by atoms with van der Waals surface area (Å²) in [7, 11) is 0. The molecule has 1 saturated heterocycles. The van der Waals surface area contributed by atoms with E-state index in [4.69, 9.17) is 10.5 Å². The van der Waals surface area contributed by atoms with Crippen molar-refractivity contribution < 1.29 is 24.4 Å². The van der Waals surface area contributed by atoms with E-state index in [2.05, 4.69) is 10.6 Å². The number of nitro groups is 1. The summed E-state index contributed by atoms with van der Waals surface area (Å²) in [5.41, 5.74) is 5.56. The van der Waals surface area contributed by atoms with Crippen molar-refractivity contribution in [2.45, 2.75) is 25.2 Å². The number of benzene rings is 1. The lowest BCUT2D eigenvalue weighted by Crippen LogP contribution is -2.43. The zero-order valence-electron chi connectivity index (χ0n) is 15.1. The van der Waals surface area contributed by atoms with Gasteiger partial charge in [0.1, 0.15) is 6.61 Å². The maximum atomic E-state index is 12.3. The molecule has 1 fully saturated rings. The standard InChI is InChI=1S/C16H23N5O6.ClH/c17-15(23)19-6-5-18-8-13-7-14(22)9-20(13)16(24)27-10-11-1-3-12(4-2-11)21(25)26;/h1-4,13-14,18,22H,5-10H2,(H3,17,19,23);1H/t13-,14+;/m0./s1. The highest BCUT2D eigenvalue weighted by Gasteiger charge is 2.34. The van der Waals surface area contributed by atoms with Crippen LogP contribution in [0.5, 0.6) is 0 Å². The number of hydrogen-bond donors (Lipinski definition) is 4. The van der Waals surface area contributed by atoms with E-state index in [1.54, 1.807) is 0 Å². The van der Waals surface area contributed by atoms with Crippen molar-refractivity contribution in [3.8, 4) is 0 Å². The van der Waals surface area contributed by atoms with Gasteiger partial charge in [-0.25, -0.2) is 9.59 Å². The van der Waals surface area contributed by atoms with Crippen LogP contribution < -0.4 is 16.4 Å². The number of likely N-dealkylation sites (tertiary alicyclic amines) is 1. The molecule has 0 unspecified atom stereocenters. The molecule has 12 heteroatoms. The number of non-ortho nitro benzene ring substituents is 1. The van der Waals surface area contributed by atoms with Gasteiger partial charge in [0.25, 0.3) is 5.69 Å². The highest BCUT2D eigenvalue weighted by atomic mass is 35.5. The van der Waals surface area contributed by atoms with Gasteiger partial charge >= 0.3 is 12.1 Å². The molecule has 3 amide bonds. The highest BCUT2D eigenvalue weighted by molar-refractivity contribution is 5.85. The number of nitrogens with zero attached hydrogens (tertiary/aromatic N) is 2. The molecule has 28 heavy (non-hydrogen) atoms. The van der Waals surface area contributed by atoms with Crippen molar-refractivity contribution in [1.29, 1.82) is 0 Å². The number of hydrogen-bond acceptors (Lipinski definition) is 7. The average Bonchev–Trinajstić information content (AvgIpc) is 3.00. The van der Waals surface area contributed by atoms with Gasteiger partial charge in [-0.3, -0.25) is 10.1 Å². The molecule has 1 heterocycles. The smallest absolute Gasteiger partial charge is 0.410 e. The molecule has 2 atom stereocenters. The summed E-state index contributed by atoms with van der Waals surface area (Å²) in [6.07, 6.45) is -0.775.